The molecule has 0 atom stereocenters. The fourth-order valence-corrected chi connectivity index (χ4v) is 2.10. The summed E-state index contributed by atoms with van der Waals surface area (Å²) in [7, 11) is 0. The number of nitrogens with two attached hydrogens (primary N) is 1. The van der Waals surface area contributed by atoms with E-state index < -0.39 is 0 Å². The van der Waals surface area contributed by atoms with Crippen LogP contribution in [0.4, 0.5) is 11.9 Å². The second-order valence-electron chi connectivity index (χ2n) is 4.42. The van der Waals surface area contributed by atoms with E-state index in [1.54, 1.807) is 0 Å². The third kappa shape index (κ3) is 4.20. The number of primary amides is 1. The summed E-state index contributed by atoms with van der Waals surface area (Å²) in [6.07, 6.45) is 3.26. The Morgan fingerprint density at radius 2 is 2.05 bits per heavy atom. The van der Waals surface area contributed by atoms with Crippen LogP contribution in [0.5, 0.6) is 0 Å². The molecule has 0 spiro atoms. The average Bonchev–Trinajstić information content (AvgIpc) is 2.87. The van der Waals surface area contributed by atoms with Crippen LogP contribution in [0.2, 0.25) is 5.28 Å². The maximum absolute atomic E-state index is 10.6. The number of nitrogens with one attached hydrogen (secondary N) is 1. The van der Waals surface area contributed by atoms with Gasteiger partial charge in [0, 0.05) is 26.1 Å². The van der Waals surface area contributed by atoms with E-state index >= 15 is 0 Å². The first-order valence-corrected chi connectivity index (χ1v) is 6.71. The number of hydrogen-bond acceptors (Lipinski definition) is 6. The molecule has 0 aliphatic carbocycles. The van der Waals surface area contributed by atoms with Crippen molar-refractivity contribution in [2.24, 2.45) is 5.73 Å². The Labute approximate surface area is 116 Å². The van der Waals surface area contributed by atoms with Crippen LogP contribution >= 0.6 is 11.6 Å². The molecule has 1 aromatic heterocycles. The topological polar surface area (TPSA) is 97.0 Å². The first kappa shape index (κ1) is 13.8. The van der Waals surface area contributed by atoms with E-state index in [0.717, 1.165) is 25.9 Å². The minimum absolute atomic E-state index is 0.175. The highest BCUT2D eigenvalue weighted by Crippen LogP contribution is 2.18. The van der Waals surface area contributed by atoms with E-state index in [4.69, 9.17) is 17.3 Å². The van der Waals surface area contributed by atoms with Gasteiger partial charge in [0.1, 0.15) is 0 Å². The Balaban J connectivity index is 1.94. The highest BCUT2D eigenvalue weighted by Gasteiger charge is 2.16. The molecule has 0 saturated carbocycles. The van der Waals surface area contributed by atoms with E-state index in [9.17, 15) is 4.79 Å². The molecule has 1 amide bonds. The zero-order valence-electron chi connectivity index (χ0n) is 10.6. The van der Waals surface area contributed by atoms with E-state index in [0.29, 0.717) is 31.3 Å². The Morgan fingerprint density at radius 1 is 1.32 bits per heavy atom. The van der Waals surface area contributed by atoms with Crippen LogP contribution < -0.4 is 16.0 Å². The lowest BCUT2D eigenvalue weighted by molar-refractivity contribution is -0.118. The summed E-state index contributed by atoms with van der Waals surface area (Å²) in [5.74, 6) is 0.731. The number of anilines is 2. The predicted molar refractivity (Wildman–Crippen MR) is 73.2 cm³/mol. The van der Waals surface area contributed by atoms with Crippen LogP contribution in [0, 0.1) is 0 Å². The van der Waals surface area contributed by atoms with Crippen molar-refractivity contribution in [2.75, 3.05) is 29.9 Å². The van der Waals surface area contributed by atoms with Gasteiger partial charge in [0.2, 0.25) is 23.1 Å². The first-order valence-electron chi connectivity index (χ1n) is 6.34. The summed E-state index contributed by atoms with van der Waals surface area (Å²) in [6.45, 7) is 2.46. The third-order valence-corrected chi connectivity index (χ3v) is 3.04. The van der Waals surface area contributed by atoms with Gasteiger partial charge in [0.25, 0.3) is 0 Å². The summed E-state index contributed by atoms with van der Waals surface area (Å²) in [5.41, 5.74) is 5.07. The molecule has 1 fully saturated rings. The number of carbonyl (C=O) groups excluding carboxylic acids is 1. The summed E-state index contributed by atoms with van der Waals surface area (Å²) < 4.78 is 0. The Morgan fingerprint density at radius 3 is 2.74 bits per heavy atom. The molecule has 0 unspecified atom stereocenters. The van der Waals surface area contributed by atoms with Gasteiger partial charge in [0.15, 0.2) is 0 Å². The molecule has 0 aromatic carbocycles. The van der Waals surface area contributed by atoms with E-state index in [-0.39, 0.29) is 11.2 Å². The molecule has 8 heteroatoms. The van der Waals surface area contributed by atoms with Crippen LogP contribution in [0.25, 0.3) is 0 Å². The van der Waals surface area contributed by atoms with E-state index in [1.165, 1.54) is 0 Å². The Kier molecular flexibility index (Phi) is 4.73. The van der Waals surface area contributed by atoms with Crippen molar-refractivity contribution in [2.45, 2.75) is 25.7 Å². The predicted octanol–water partition coefficient (Wildman–Crippen LogP) is 0.803. The van der Waals surface area contributed by atoms with E-state index in [2.05, 4.69) is 25.2 Å². The molecule has 7 nitrogen and oxygen atoms in total. The lowest BCUT2D eigenvalue weighted by Crippen LogP contribution is -2.21. The zero-order valence-corrected chi connectivity index (χ0v) is 11.4. The van der Waals surface area contributed by atoms with Crippen molar-refractivity contribution in [1.29, 1.82) is 0 Å². The van der Waals surface area contributed by atoms with Crippen LogP contribution in [0.15, 0.2) is 0 Å². The van der Waals surface area contributed by atoms with Gasteiger partial charge in [-0.1, -0.05) is 0 Å². The number of hydrogen-bond donors (Lipinski definition) is 2. The lowest BCUT2D eigenvalue weighted by atomic mass is 10.3. The smallest absolute Gasteiger partial charge is 0.231 e. The van der Waals surface area contributed by atoms with Crippen molar-refractivity contribution in [3.8, 4) is 0 Å². The molecule has 3 N–H and O–H groups in total. The molecule has 2 rings (SSSR count). The van der Waals surface area contributed by atoms with Crippen molar-refractivity contribution >= 4 is 29.4 Å². The van der Waals surface area contributed by atoms with Crippen LogP contribution in [-0.2, 0) is 4.79 Å². The maximum atomic E-state index is 10.6. The van der Waals surface area contributed by atoms with Crippen molar-refractivity contribution < 1.29 is 4.79 Å². The van der Waals surface area contributed by atoms with Crippen LogP contribution in [0.3, 0.4) is 0 Å². The van der Waals surface area contributed by atoms with Crippen LogP contribution in [-0.4, -0.2) is 40.5 Å². The highest BCUT2D eigenvalue weighted by atomic mass is 35.5. The van der Waals surface area contributed by atoms with E-state index in [1.807, 2.05) is 0 Å². The molecule has 2 heterocycles. The SMILES string of the molecule is NC(=O)CCCNc1nc(Cl)nc(N2CCCC2)n1. The highest BCUT2D eigenvalue weighted by molar-refractivity contribution is 6.28. The number of nitrogens with zero attached hydrogens (tertiary/aromatic N) is 4. The van der Waals surface area contributed by atoms with Crippen molar-refractivity contribution in [1.82, 2.24) is 15.0 Å². The second kappa shape index (κ2) is 6.51. The van der Waals surface area contributed by atoms with Gasteiger partial charge in [-0.2, -0.15) is 15.0 Å². The molecule has 104 valence electrons. The van der Waals surface area contributed by atoms with Gasteiger partial charge >= 0.3 is 0 Å². The molecule has 1 aliphatic rings. The summed E-state index contributed by atoms with van der Waals surface area (Å²) in [6, 6.07) is 0. The number of aromatic nitrogens is 3. The normalized spacial score (nSPS) is 14.7. The third-order valence-electron chi connectivity index (χ3n) is 2.87. The molecule has 1 aromatic rings. The summed E-state index contributed by atoms with van der Waals surface area (Å²) in [5, 5.41) is 3.20. The molecule has 1 saturated heterocycles. The number of rotatable bonds is 6. The zero-order chi connectivity index (χ0) is 13.7. The Hall–Kier alpha value is -1.63. The Bertz CT molecular complexity index is 449. The van der Waals surface area contributed by atoms with Crippen molar-refractivity contribution in [3.63, 3.8) is 0 Å². The van der Waals surface area contributed by atoms with Crippen LogP contribution in [0.1, 0.15) is 25.7 Å². The molecular formula is C11H17ClN6O. The number of carbonyl (C=O) groups is 1. The van der Waals surface area contributed by atoms with Gasteiger partial charge < -0.3 is 16.0 Å². The fraction of sp³-hybridized carbons (Fsp3) is 0.636. The standard InChI is InChI=1S/C11H17ClN6O/c12-9-15-10(14-5-3-4-8(13)19)17-11(16-9)18-6-1-2-7-18/h1-7H2,(H2,13,19)(H,14,15,16,17). The first-order chi connectivity index (χ1) is 9.15. The molecule has 19 heavy (non-hydrogen) atoms. The molecular weight excluding hydrogens is 268 g/mol. The van der Waals surface area contributed by atoms with Gasteiger partial charge in [-0.3, -0.25) is 4.79 Å². The van der Waals surface area contributed by atoms with Gasteiger partial charge in [-0.15, -0.1) is 0 Å². The largest absolute Gasteiger partial charge is 0.370 e. The van der Waals surface area contributed by atoms with Gasteiger partial charge in [-0.05, 0) is 30.9 Å². The fourth-order valence-electron chi connectivity index (χ4n) is 1.94. The minimum Gasteiger partial charge on any atom is -0.370 e. The number of amides is 1. The summed E-state index contributed by atoms with van der Waals surface area (Å²) in [4.78, 5) is 25.2. The maximum Gasteiger partial charge on any atom is 0.231 e. The monoisotopic (exact) mass is 284 g/mol. The lowest BCUT2D eigenvalue weighted by Gasteiger charge is -2.15. The minimum atomic E-state index is -0.312. The second-order valence-corrected chi connectivity index (χ2v) is 4.76. The van der Waals surface area contributed by atoms with Gasteiger partial charge in [-0.25, -0.2) is 0 Å². The summed E-state index contributed by atoms with van der Waals surface area (Å²) >= 11 is 5.89. The molecule has 0 radical (unpaired) electrons. The average molecular weight is 285 g/mol. The molecule has 0 bridgehead atoms. The van der Waals surface area contributed by atoms with Crippen molar-refractivity contribution in [3.05, 3.63) is 5.28 Å². The van der Waals surface area contributed by atoms with Gasteiger partial charge in [0.05, 0.1) is 0 Å². The number of halogens is 1. The molecule has 1 aliphatic heterocycles. The quantitative estimate of drug-likeness (QED) is 0.750.